The topological polar surface area (TPSA) is 90.0 Å². The number of phenolic OH excluding ortho intramolecular Hbond substituents is 1. The first-order valence-electron chi connectivity index (χ1n) is 9.45. The Labute approximate surface area is 147 Å². The fourth-order valence-corrected chi connectivity index (χ4v) is 4.08. The molecule has 2 heterocycles. The Kier molecular flexibility index (Phi) is 4.61. The quantitative estimate of drug-likeness (QED) is 0.688. The second-order valence-corrected chi connectivity index (χ2v) is 7.32. The van der Waals surface area contributed by atoms with E-state index >= 15 is 0 Å². The van der Waals surface area contributed by atoms with E-state index in [1.54, 1.807) is 12.1 Å². The molecule has 1 saturated heterocycles. The van der Waals surface area contributed by atoms with Gasteiger partial charge in [0.2, 0.25) is 0 Å². The molecule has 0 bridgehead atoms. The summed E-state index contributed by atoms with van der Waals surface area (Å²) in [5.41, 5.74) is 1.69. The highest BCUT2D eigenvalue weighted by Gasteiger charge is 2.23. The van der Waals surface area contributed by atoms with Crippen molar-refractivity contribution in [1.82, 2.24) is 20.6 Å². The smallest absolute Gasteiger partial charge is 0.253 e. The summed E-state index contributed by atoms with van der Waals surface area (Å²) < 4.78 is 0. The van der Waals surface area contributed by atoms with Crippen LogP contribution in [0.2, 0.25) is 0 Å². The molecule has 2 aliphatic rings. The fourth-order valence-electron chi connectivity index (χ4n) is 4.08. The third-order valence-electron chi connectivity index (χ3n) is 5.55. The second-order valence-electron chi connectivity index (χ2n) is 7.32. The Morgan fingerprint density at radius 1 is 1.20 bits per heavy atom. The van der Waals surface area contributed by atoms with Crippen molar-refractivity contribution in [2.24, 2.45) is 0 Å². The van der Waals surface area contributed by atoms with Crippen LogP contribution < -0.4 is 10.6 Å². The van der Waals surface area contributed by atoms with Crippen molar-refractivity contribution < 1.29 is 9.90 Å². The number of H-pyrrole nitrogens is 1. The molecule has 4 rings (SSSR count). The van der Waals surface area contributed by atoms with E-state index in [9.17, 15) is 9.90 Å². The van der Waals surface area contributed by atoms with Gasteiger partial charge in [0.1, 0.15) is 22.6 Å². The molecule has 2 aromatic rings. The highest BCUT2D eigenvalue weighted by molar-refractivity contribution is 6.06. The predicted molar refractivity (Wildman–Crippen MR) is 96.9 cm³/mol. The number of carbonyl (C=O) groups excluding carboxylic acids is 1. The number of rotatable bonds is 4. The number of phenols is 1. The lowest BCUT2D eigenvalue weighted by molar-refractivity contribution is 0.0949. The van der Waals surface area contributed by atoms with E-state index in [0.717, 1.165) is 31.6 Å². The van der Waals surface area contributed by atoms with Gasteiger partial charge in [0.15, 0.2) is 0 Å². The molecule has 25 heavy (non-hydrogen) atoms. The van der Waals surface area contributed by atoms with Crippen LogP contribution in [0.3, 0.4) is 0 Å². The summed E-state index contributed by atoms with van der Waals surface area (Å²) in [6.45, 7) is 1.65. The van der Waals surface area contributed by atoms with Crippen LogP contribution in [-0.4, -0.2) is 40.1 Å². The zero-order valence-electron chi connectivity index (χ0n) is 14.5. The minimum Gasteiger partial charge on any atom is -0.506 e. The van der Waals surface area contributed by atoms with E-state index in [4.69, 9.17) is 0 Å². The molecule has 4 N–H and O–H groups in total. The van der Waals surface area contributed by atoms with Crippen molar-refractivity contribution in [3.05, 3.63) is 23.5 Å². The normalized spacial score (nSPS) is 21.7. The second kappa shape index (κ2) is 7.04. The lowest BCUT2D eigenvalue weighted by atomic mass is 10.0. The third kappa shape index (κ3) is 3.35. The Morgan fingerprint density at radius 3 is 2.76 bits per heavy atom. The van der Waals surface area contributed by atoms with Gasteiger partial charge in [0, 0.05) is 18.5 Å². The molecule has 1 atom stereocenters. The molecule has 1 aromatic heterocycles. The van der Waals surface area contributed by atoms with Gasteiger partial charge in [0.25, 0.3) is 5.91 Å². The van der Waals surface area contributed by atoms with Gasteiger partial charge in [-0.3, -0.25) is 4.79 Å². The molecule has 1 aromatic carbocycles. The number of hydrogen-bond donors (Lipinski definition) is 4. The summed E-state index contributed by atoms with van der Waals surface area (Å²) in [4.78, 5) is 20.6. The first-order chi connectivity index (χ1) is 12.2. The highest BCUT2D eigenvalue weighted by Crippen LogP contribution is 2.35. The molecule has 0 spiro atoms. The lowest BCUT2D eigenvalue weighted by Gasteiger charge is -2.23. The number of fused-ring (bicyclic) bond motifs is 1. The van der Waals surface area contributed by atoms with Gasteiger partial charge >= 0.3 is 0 Å². The van der Waals surface area contributed by atoms with Crippen molar-refractivity contribution in [2.45, 2.75) is 56.9 Å². The molecule has 2 fully saturated rings. The van der Waals surface area contributed by atoms with E-state index < -0.39 is 0 Å². The highest BCUT2D eigenvalue weighted by atomic mass is 16.3. The van der Waals surface area contributed by atoms with Crippen molar-refractivity contribution in [2.75, 3.05) is 13.1 Å². The van der Waals surface area contributed by atoms with Gasteiger partial charge in [-0.25, -0.2) is 4.98 Å². The maximum atomic E-state index is 12.7. The number of nitrogens with zero attached hydrogens (tertiary/aromatic N) is 1. The van der Waals surface area contributed by atoms with Crippen molar-refractivity contribution >= 4 is 16.9 Å². The van der Waals surface area contributed by atoms with Crippen LogP contribution >= 0.6 is 0 Å². The Bertz CT molecular complexity index is 758. The number of hydrogen-bond acceptors (Lipinski definition) is 4. The summed E-state index contributed by atoms with van der Waals surface area (Å²) in [5, 5.41) is 16.6. The standard InChI is InChI=1S/C19H26N4O2/c24-15-9-8-14(19(25)21-11-13-7-3-4-10-20-13)16-17(15)23-18(22-16)12-5-1-2-6-12/h8-9,12-13,20,24H,1-7,10-11H2,(H,21,25)(H,22,23). The number of nitrogens with one attached hydrogen (secondary N) is 3. The van der Waals surface area contributed by atoms with Gasteiger partial charge in [-0.05, 0) is 44.4 Å². The van der Waals surface area contributed by atoms with Crippen molar-refractivity contribution in [3.8, 4) is 5.75 Å². The van der Waals surface area contributed by atoms with Gasteiger partial charge < -0.3 is 20.7 Å². The number of imidazole rings is 1. The maximum Gasteiger partial charge on any atom is 0.253 e. The third-order valence-corrected chi connectivity index (χ3v) is 5.55. The SMILES string of the molecule is O=C(NCC1CCCCN1)c1ccc(O)c2[nH]c(C3CCCC3)nc12. The average Bonchev–Trinajstić information content (AvgIpc) is 3.30. The molecule has 134 valence electrons. The lowest BCUT2D eigenvalue weighted by Crippen LogP contribution is -2.43. The number of amides is 1. The number of aromatic amines is 1. The van der Waals surface area contributed by atoms with E-state index in [1.165, 1.54) is 25.7 Å². The number of benzene rings is 1. The fraction of sp³-hybridized carbons (Fsp3) is 0.579. The number of aromatic nitrogens is 2. The van der Waals surface area contributed by atoms with Crippen LogP contribution in [0.25, 0.3) is 11.0 Å². The minimum absolute atomic E-state index is 0.123. The van der Waals surface area contributed by atoms with Crippen molar-refractivity contribution in [3.63, 3.8) is 0 Å². The Morgan fingerprint density at radius 2 is 2.00 bits per heavy atom. The number of aromatic hydroxyl groups is 1. The Balaban J connectivity index is 1.55. The number of piperidine rings is 1. The molecule has 0 radical (unpaired) electrons. The zero-order chi connectivity index (χ0) is 17.2. The molecule has 6 nitrogen and oxygen atoms in total. The predicted octanol–water partition coefficient (Wildman–Crippen LogP) is 2.80. The van der Waals surface area contributed by atoms with Crippen LogP contribution in [0, 0.1) is 0 Å². The molecule has 1 saturated carbocycles. The van der Waals surface area contributed by atoms with E-state index in [0.29, 0.717) is 35.1 Å². The first-order valence-corrected chi connectivity index (χ1v) is 9.45. The summed E-state index contributed by atoms with van der Waals surface area (Å²) in [6.07, 6.45) is 8.19. The molecule has 1 aliphatic heterocycles. The maximum absolute atomic E-state index is 12.7. The summed E-state index contributed by atoms with van der Waals surface area (Å²) >= 11 is 0. The molecular weight excluding hydrogens is 316 g/mol. The van der Waals surface area contributed by atoms with E-state index in [1.807, 2.05) is 0 Å². The van der Waals surface area contributed by atoms with Crippen LogP contribution in [0.1, 0.15) is 67.0 Å². The van der Waals surface area contributed by atoms with Crippen LogP contribution in [-0.2, 0) is 0 Å². The summed E-state index contributed by atoms with van der Waals surface area (Å²) in [6, 6.07) is 3.59. The van der Waals surface area contributed by atoms with Crippen LogP contribution in [0.15, 0.2) is 12.1 Å². The largest absolute Gasteiger partial charge is 0.506 e. The minimum atomic E-state index is -0.123. The summed E-state index contributed by atoms with van der Waals surface area (Å²) in [5.74, 6) is 1.34. The average molecular weight is 342 g/mol. The van der Waals surface area contributed by atoms with Gasteiger partial charge in [-0.15, -0.1) is 0 Å². The van der Waals surface area contributed by atoms with E-state index in [2.05, 4.69) is 20.6 Å². The van der Waals surface area contributed by atoms with Crippen LogP contribution in [0.5, 0.6) is 5.75 Å². The van der Waals surface area contributed by atoms with Gasteiger partial charge in [-0.1, -0.05) is 19.3 Å². The molecular formula is C19H26N4O2. The van der Waals surface area contributed by atoms with Gasteiger partial charge in [0.05, 0.1) is 5.56 Å². The molecule has 1 amide bonds. The van der Waals surface area contributed by atoms with Gasteiger partial charge in [-0.2, -0.15) is 0 Å². The Hall–Kier alpha value is -2.08. The molecule has 1 aliphatic carbocycles. The van der Waals surface area contributed by atoms with Crippen LogP contribution in [0.4, 0.5) is 0 Å². The molecule has 6 heteroatoms. The zero-order valence-corrected chi connectivity index (χ0v) is 14.5. The first kappa shape index (κ1) is 16.4. The monoisotopic (exact) mass is 342 g/mol. The number of carbonyl (C=O) groups is 1. The van der Waals surface area contributed by atoms with E-state index in [-0.39, 0.29) is 11.7 Å². The summed E-state index contributed by atoms with van der Waals surface area (Å²) in [7, 11) is 0. The van der Waals surface area contributed by atoms with Crippen molar-refractivity contribution in [1.29, 1.82) is 0 Å². The molecule has 1 unspecified atom stereocenters.